The smallest absolute Gasteiger partial charge is 0.305 e. The number of unbranched alkanes of at least 4 members (excludes halogenated alkanes) is 14. The van der Waals surface area contributed by atoms with Crippen LogP contribution in [0.3, 0.4) is 0 Å². The molecule has 0 aliphatic carbocycles. The molecule has 0 saturated heterocycles. The summed E-state index contributed by atoms with van der Waals surface area (Å²) in [6.07, 6.45) is 28.2. The SMILES string of the molecule is CCCCCCCC/C=C\CCCCCCCCOC(=O)CCCCCC(C)(C)C. The van der Waals surface area contributed by atoms with Gasteiger partial charge in [-0.3, -0.25) is 4.79 Å². The molecule has 0 atom stereocenters. The van der Waals surface area contributed by atoms with Crippen molar-refractivity contribution in [3.05, 3.63) is 12.2 Å². The van der Waals surface area contributed by atoms with Gasteiger partial charge in [-0.25, -0.2) is 0 Å². The summed E-state index contributed by atoms with van der Waals surface area (Å²) in [6.45, 7) is 9.71. The minimum atomic E-state index is -0.00138. The number of rotatable bonds is 21. The molecular weight excluding hydrogens is 368 g/mol. The van der Waals surface area contributed by atoms with Crippen molar-refractivity contribution in [2.24, 2.45) is 5.41 Å². The van der Waals surface area contributed by atoms with Crippen LogP contribution in [0, 0.1) is 5.41 Å². The van der Waals surface area contributed by atoms with Gasteiger partial charge in [0.1, 0.15) is 0 Å². The molecule has 0 amide bonds. The largest absolute Gasteiger partial charge is 0.466 e. The van der Waals surface area contributed by atoms with E-state index in [4.69, 9.17) is 4.74 Å². The van der Waals surface area contributed by atoms with Gasteiger partial charge in [-0.1, -0.05) is 110 Å². The van der Waals surface area contributed by atoms with E-state index >= 15 is 0 Å². The third-order valence-electron chi connectivity index (χ3n) is 5.73. The van der Waals surface area contributed by atoms with Crippen molar-refractivity contribution in [2.45, 2.75) is 150 Å². The lowest BCUT2D eigenvalue weighted by Gasteiger charge is -2.17. The third-order valence-corrected chi connectivity index (χ3v) is 5.73. The molecule has 0 spiro atoms. The molecule has 2 heteroatoms. The van der Waals surface area contributed by atoms with Crippen LogP contribution in [0.2, 0.25) is 0 Å². The zero-order chi connectivity index (χ0) is 22.3. The second-order valence-electron chi connectivity index (χ2n) is 10.3. The van der Waals surface area contributed by atoms with Crippen LogP contribution >= 0.6 is 0 Å². The highest BCUT2D eigenvalue weighted by atomic mass is 16.5. The molecule has 30 heavy (non-hydrogen) atoms. The molecule has 0 aromatic carbocycles. The van der Waals surface area contributed by atoms with Crippen molar-refractivity contribution in [1.29, 1.82) is 0 Å². The highest BCUT2D eigenvalue weighted by Gasteiger charge is 2.09. The Morgan fingerprint density at radius 1 is 0.667 bits per heavy atom. The molecule has 0 fully saturated rings. The van der Waals surface area contributed by atoms with Gasteiger partial charge in [0.2, 0.25) is 0 Å². The first-order valence-corrected chi connectivity index (χ1v) is 13.3. The second-order valence-corrected chi connectivity index (χ2v) is 10.3. The maximum Gasteiger partial charge on any atom is 0.305 e. The maximum atomic E-state index is 11.7. The van der Waals surface area contributed by atoms with Gasteiger partial charge in [0, 0.05) is 6.42 Å². The monoisotopic (exact) mass is 422 g/mol. The number of carbonyl (C=O) groups is 1. The molecule has 178 valence electrons. The minimum absolute atomic E-state index is 0.00138. The van der Waals surface area contributed by atoms with E-state index in [2.05, 4.69) is 39.8 Å². The van der Waals surface area contributed by atoms with E-state index in [1.165, 1.54) is 96.3 Å². The Hall–Kier alpha value is -0.790. The van der Waals surface area contributed by atoms with Crippen molar-refractivity contribution < 1.29 is 9.53 Å². The van der Waals surface area contributed by atoms with E-state index in [9.17, 15) is 4.79 Å². The van der Waals surface area contributed by atoms with Gasteiger partial charge in [-0.05, 0) is 50.4 Å². The Labute approximate surface area is 189 Å². The summed E-state index contributed by atoms with van der Waals surface area (Å²) >= 11 is 0. The molecule has 0 aromatic heterocycles. The van der Waals surface area contributed by atoms with Crippen LogP contribution in [0.4, 0.5) is 0 Å². The molecule has 0 bridgehead atoms. The lowest BCUT2D eigenvalue weighted by Crippen LogP contribution is -2.06. The minimum Gasteiger partial charge on any atom is -0.466 e. The van der Waals surface area contributed by atoms with Crippen LogP contribution in [0.25, 0.3) is 0 Å². The van der Waals surface area contributed by atoms with E-state index in [0.29, 0.717) is 18.4 Å². The van der Waals surface area contributed by atoms with Crippen LogP contribution in [-0.4, -0.2) is 12.6 Å². The average Bonchev–Trinajstić information content (AvgIpc) is 2.69. The first-order valence-electron chi connectivity index (χ1n) is 13.3. The van der Waals surface area contributed by atoms with Crippen molar-refractivity contribution in [3.63, 3.8) is 0 Å². The molecule has 0 rings (SSSR count). The molecule has 0 radical (unpaired) electrons. The highest BCUT2D eigenvalue weighted by Crippen LogP contribution is 2.22. The van der Waals surface area contributed by atoms with Crippen LogP contribution in [0.5, 0.6) is 0 Å². The number of allylic oxidation sites excluding steroid dienone is 2. The number of esters is 1. The van der Waals surface area contributed by atoms with E-state index in [1.54, 1.807) is 0 Å². The van der Waals surface area contributed by atoms with Crippen LogP contribution in [-0.2, 0) is 9.53 Å². The summed E-state index contributed by atoms with van der Waals surface area (Å²) in [5.74, 6) is -0.00138. The maximum absolute atomic E-state index is 11.7. The normalized spacial score (nSPS) is 12.0. The van der Waals surface area contributed by atoms with Gasteiger partial charge in [0.15, 0.2) is 0 Å². The van der Waals surface area contributed by atoms with Gasteiger partial charge in [0.25, 0.3) is 0 Å². The summed E-state index contributed by atoms with van der Waals surface area (Å²) in [4.78, 5) is 11.7. The zero-order valence-corrected chi connectivity index (χ0v) is 21.1. The fraction of sp³-hybridized carbons (Fsp3) is 0.893. The van der Waals surface area contributed by atoms with Gasteiger partial charge in [0.05, 0.1) is 6.61 Å². The Morgan fingerprint density at radius 2 is 1.17 bits per heavy atom. The summed E-state index contributed by atoms with van der Waals surface area (Å²) in [5, 5.41) is 0. The summed E-state index contributed by atoms with van der Waals surface area (Å²) < 4.78 is 5.36. The lowest BCUT2D eigenvalue weighted by atomic mass is 9.89. The molecule has 2 nitrogen and oxygen atoms in total. The van der Waals surface area contributed by atoms with Crippen molar-refractivity contribution in [1.82, 2.24) is 0 Å². The summed E-state index contributed by atoms with van der Waals surface area (Å²) in [5.41, 5.74) is 0.407. The second kappa shape index (κ2) is 21.4. The molecule has 0 heterocycles. The van der Waals surface area contributed by atoms with Crippen LogP contribution in [0.1, 0.15) is 150 Å². The molecular formula is C28H54O2. The zero-order valence-electron chi connectivity index (χ0n) is 21.1. The number of carbonyl (C=O) groups excluding carboxylic acids is 1. The van der Waals surface area contributed by atoms with Gasteiger partial charge < -0.3 is 4.74 Å². The average molecular weight is 423 g/mol. The molecule has 0 aliphatic heterocycles. The van der Waals surface area contributed by atoms with E-state index < -0.39 is 0 Å². The Kier molecular flexibility index (Phi) is 20.9. The first kappa shape index (κ1) is 29.2. The predicted molar refractivity (Wildman–Crippen MR) is 133 cm³/mol. The fourth-order valence-corrected chi connectivity index (χ4v) is 3.71. The molecule has 0 unspecified atom stereocenters. The molecule has 0 aliphatic rings. The lowest BCUT2D eigenvalue weighted by molar-refractivity contribution is -0.143. The quantitative estimate of drug-likeness (QED) is 0.104. The topological polar surface area (TPSA) is 26.3 Å². The number of ether oxygens (including phenoxy) is 1. The predicted octanol–water partition coefficient (Wildman–Crippen LogP) is 9.56. The fourth-order valence-electron chi connectivity index (χ4n) is 3.71. The third kappa shape index (κ3) is 25.2. The molecule has 0 N–H and O–H groups in total. The number of hydrogen-bond donors (Lipinski definition) is 0. The van der Waals surface area contributed by atoms with Crippen LogP contribution < -0.4 is 0 Å². The summed E-state index contributed by atoms with van der Waals surface area (Å²) in [6, 6.07) is 0. The Bertz CT molecular complexity index is 392. The Balaban J connectivity index is 3.23. The van der Waals surface area contributed by atoms with Gasteiger partial charge in [-0.15, -0.1) is 0 Å². The van der Waals surface area contributed by atoms with Crippen molar-refractivity contribution in [2.75, 3.05) is 6.61 Å². The van der Waals surface area contributed by atoms with Crippen molar-refractivity contribution in [3.8, 4) is 0 Å². The molecule has 0 aromatic rings. The van der Waals surface area contributed by atoms with Crippen molar-refractivity contribution >= 4 is 5.97 Å². The summed E-state index contributed by atoms with van der Waals surface area (Å²) in [7, 11) is 0. The highest BCUT2D eigenvalue weighted by molar-refractivity contribution is 5.69. The van der Waals surface area contributed by atoms with E-state index in [1.807, 2.05) is 0 Å². The van der Waals surface area contributed by atoms with Gasteiger partial charge in [-0.2, -0.15) is 0 Å². The Morgan fingerprint density at radius 3 is 1.73 bits per heavy atom. The van der Waals surface area contributed by atoms with E-state index in [0.717, 1.165) is 19.3 Å². The standard InChI is InChI=1S/C28H54O2/c1-5-6-7-8-9-10-11-12-13-14-15-16-17-18-19-23-26-30-27(29)24-21-20-22-25-28(2,3)4/h12-13H,5-11,14-26H2,1-4H3/b13-12-. The molecule has 0 saturated carbocycles. The number of hydrogen-bond acceptors (Lipinski definition) is 2. The van der Waals surface area contributed by atoms with Crippen LogP contribution in [0.15, 0.2) is 12.2 Å². The van der Waals surface area contributed by atoms with Gasteiger partial charge >= 0.3 is 5.97 Å². The van der Waals surface area contributed by atoms with E-state index in [-0.39, 0.29) is 5.97 Å². The first-order chi connectivity index (χ1) is 14.5.